The quantitative estimate of drug-likeness (QED) is 0.449. The number of carbonyl (C=O) groups excluding carboxylic acids is 5. The van der Waals surface area contributed by atoms with Gasteiger partial charge < -0.3 is 20.1 Å². The Morgan fingerprint density at radius 3 is 2.12 bits per heavy atom. The van der Waals surface area contributed by atoms with Crippen molar-refractivity contribution in [3.05, 3.63) is 65.2 Å². The Balaban J connectivity index is 1.70. The van der Waals surface area contributed by atoms with Crippen LogP contribution in [0.15, 0.2) is 48.5 Å². The van der Waals surface area contributed by atoms with Gasteiger partial charge in [-0.15, -0.1) is 0 Å². The highest BCUT2D eigenvalue weighted by Crippen LogP contribution is 2.24. The number of rotatable bonds is 8. The van der Waals surface area contributed by atoms with Crippen LogP contribution < -0.4 is 10.6 Å². The number of benzene rings is 2. The summed E-state index contributed by atoms with van der Waals surface area (Å²) < 4.78 is 9.34. The number of hydrogen-bond acceptors (Lipinski definition) is 7. The first-order valence-corrected chi connectivity index (χ1v) is 10.5. The van der Waals surface area contributed by atoms with Crippen molar-refractivity contribution in [3.63, 3.8) is 0 Å². The van der Waals surface area contributed by atoms with E-state index >= 15 is 0 Å². The van der Waals surface area contributed by atoms with Crippen molar-refractivity contribution in [1.82, 2.24) is 10.2 Å². The molecule has 10 heteroatoms. The van der Waals surface area contributed by atoms with E-state index in [1.807, 2.05) is 30.3 Å². The van der Waals surface area contributed by atoms with E-state index in [0.29, 0.717) is 12.8 Å². The fourth-order valence-electron chi connectivity index (χ4n) is 3.61. The Kier molecular flexibility index (Phi) is 7.30. The second-order valence-corrected chi connectivity index (χ2v) is 7.97. The minimum atomic E-state index is -1.14. The van der Waals surface area contributed by atoms with Crippen molar-refractivity contribution < 1.29 is 33.4 Å². The predicted molar refractivity (Wildman–Crippen MR) is 121 cm³/mol. The zero-order chi connectivity index (χ0) is 24.9. The van der Waals surface area contributed by atoms with Crippen molar-refractivity contribution in [2.24, 2.45) is 0 Å². The monoisotopic (exact) mass is 467 g/mol. The third kappa shape index (κ3) is 5.40. The van der Waals surface area contributed by atoms with Gasteiger partial charge in [0.2, 0.25) is 5.91 Å². The number of nitrogens with one attached hydrogen (secondary N) is 2. The molecule has 1 aliphatic rings. The molecule has 1 aliphatic heterocycles. The lowest BCUT2D eigenvalue weighted by molar-refractivity contribution is -0.133. The van der Waals surface area contributed by atoms with Crippen LogP contribution in [0.3, 0.4) is 0 Å². The van der Waals surface area contributed by atoms with Gasteiger partial charge in [0.15, 0.2) is 0 Å². The number of esters is 2. The Morgan fingerprint density at radius 1 is 0.971 bits per heavy atom. The van der Waals surface area contributed by atoms with Gasteiger partial charge in [0.05, 0.1) is 25.3 Å². The molecular weight excluding hydrogens is 442 g/mol. The van der Waals surface area contributed by atoms with Gasteiger partial charge in [0, 0.05) is 5.69 Å². The summed E-state index contributed by atoms with van der Waals surface area (Å²) in [7, 11) is 2.36. The molecule has 0 aliphatic carbocycles. The number of amides is 4. The SMILES string of the molecule is COC(=O)c1cc(NC(=O)CN2C(=O)NC(C)(CCc3ccccc3)C2=O)cc(C(=O)OC)c1. The lowest BCUT2D eigenvalue weighted by atomic mass is 9.93. The molecule has 2 aromatic rings. The third-order valence-corrected chi connectivity index (χ3v) is 5.46. The summed E-state index contributed by atoms with van der Waals surface area (Å²) in [4.78, 5) is 62.7. The average Bonchev–Trinajstić information content (AvgIpc) is 3.05. The van der Waals surface area contributed by atoms with Crippen molar-refractivity contribution in [1.29, 1.82) is 0 Å². The Morgan fingerprint density at radius 2 is 1.56 bits per heavy atom. The molecule has 0 aromatic heterocycles. The zero-order valence-corrected chi connectivity index (χ0v) is 19.0. The van der Waals surface area contributed by atoms with Crippen molar-refractivity contribution in [2.45, 2.75) is 25.3 Å². The lowest BCUT2D eigenvalue weighted by Crippen LogP contribution is -2.45. The largest absolute Gasteiger partial charge is 0.465 e. The van der Waals surface area contributed by atoms with Crippen LogP contribution in [0.4, 0.5) is 10.5 Å². The fourth-order valence-corrected chi connectivity index (χ4v) is 3.61. The van der Waals surface area contributed by atoms with Gasteiger partial charge in [0.25, 0.3) is 5.91 Å². The Labute approximate surface area is 196 Å². The molecule has 1 atom stereocenters. The minimum Gasteiger partial charge on any atom is -0.465 e. The molecule has 0 spiro atoms. The van der Waals surface area contributed by atoms with Crippen LogP contribution in [0.25, 0.3) is 0 Å². The molecule has 1 saturated heterocycles. The van der Waals surface area contributed by atoms with Crippen molar-refractivity contribution in [3.8, 4) is 0 Å². The minimum absolute atomic E-state index is 0.0178. The molecule has 2 N–H and O–H groups in total. The number of nitrogens with zero attached hydrogens (tertiary/aromatic N) is 1. The van der Waals surface area contributed by atoms with E-state index in [9.17, 15) is 24.0 Å². The van der Waals surface area contributed by atoms with E-state index in [2.05, 4.69) is 20.1 Å². The zero-order valence-electron chi connectivity index (χ0n) is 19.0. The Bertz CT molecular complexity index is 1100. The number of aryl methyl sites for hydroxylation is 1. The average molecular weight is 467 g/mol. The Hall–Kier alpha value is -4.21. The topological polar surface area (TPSA) is 131 Å². The summed E-state index contributed by atoms with van der Waals surface area (Å²) in [5.41, 5.74) is 0.0187. The summed E-state index contributed by atoms with van der Waals surface area (Å²) >= 11 is 0. The number of hydrogen-bond donors (Lipinski definition) is 2. The van der Waals surface area contributed by atoms with Gasteiger partial charge in [-0.1, -0.05) is 30.3 Å². The van der Waals surface area contributed by atoms with E-state index in [1.54, 1.807) is 6.92 Å². The van der Waals surface area contributed by atoms with Crippen molar-refractivity contribution >= 4 is 35.5 Å². The number of urea groups is 1. The molecule has 3 rings (SSSR count). The van der Waals surface area contributed by atoms with Crippen LogP contribution >= 0.6 is 0 Å². The first-order valence-electron chi connectivity index (χ1n) is 10.5. The number of ether oxygens (including phenoxy) is 2. The first-order chi connectivity index (χ1) is 16.2. The van der Waals surface area contributed by atoms with Gasteiger partial charge in [-0.25, -0.2) is 14.4 Å². The highest BCUT2D eigenvalue weighted by Gasteiger charge is 2.47. The van der Waals surface area contributed by atoms with Gasteiger partial charge in [-0.05, 0) is 43.5 Å². The number of carbonyl (C=O) groups is 5. The molecule has 1 heterocycles. The molecular formula is C24H25N3O7. The van der Waals surface area contributed by atoms with Gasteiger partial charge >= 0.3 is 18.0 Å². The van der Waals surface area contributed by atoms with E-state index in [-0.39, 0.29) is 16.8 Å². The normalized spacial score (nSPS) is 17.2. The first kappa shape index (κ1) is 24.4. The fraction of sp³-hybridized carbons (Fsp3) is 0.292. The van der Waals surface area contributed by atoms with E-state index in [1.165, 1.54) is 32.4 Å². The van der Waals surface area contributed by atoms with Crippen molar-refractivity contribution in [2.75, 3.05) is 26.1 Å². The maximum atomic E-state index is 13.0. The lowest BCUT2D eigenvalue weighted by Gasteiger charge is -2.21. The maximum absolute atomic E-state index is 13.0. The molecule has 34 heavy (non-hydrogen) atoms. The molecule has 0 radical (unpaired) electrons. The number of imide groups is 1. The third-order valence-electron chi connectivity index (χ3n) is 5.46. The molecule has 2 aromatic carbocycles. The van der Waals surface area contributed by atoms with Gasteiger partial charge in [0.1, 0.15) is 12.1 Å². The maximum Gasteiger partial charge on any atom is 0.337 e. The molecule has 1 fully saturated rings. The molecule has 178 valence electrons. The van der Waals surface area contributed by atoms with E-state index in [4.69, 9.17) is 0 Å². The molecule has 10 nitrogen and oxygen atoms in total. The highest BCUT2D eigenvalue weighted by atomic mass is 16.5. The predicted octanol–water partition coefficient (Wildman–Crippen LogP) is 2.14. The van der Waals surface area contributed by atoms with Gasteiger partial charge in [-0.2, -0.15) is 0 Å². The molecule has 4 amide bonds. The second kappa shape index (κ2) is 10.2. The van der Waals surface area contributed by atoms with Gasteiger partial charge in [-0.3, -0.25) is 14.5 Å². The summed E-state index contributed by atoms with van der Waals surface area (Å²) in [6.45, 7) is 1.08. The smallest absolute Gasteiger partial charge is 0.337 e. The molecule has 0 bridgehead atoms. The van der Waals surface area contributed by atoms with Crippen LogP contribution in [-0.4, -0.2) is 61.0 Å². The van der Waals surface area contributed by atoms with E-state index in [0.717, 1.165) is 10.5 Å². The van der Waals surface area contributed by atoms with Crippen LogP contribution in [-0.2, 0) is 25.5 Å². The summed E-state index contributed by atoms with van der Waals surface area (Å²) in [5, 5.41) is 5.17. The number of methoxy groups -OCH3 is 2. The molecule has 0 saturated carbocycles. The standard InChI is InChI=1S/C24H25N3O7/c1-24(10-9-15-7-5-4-6-8-15)22(31)27(23(32)26-24)14-19(28)25-18-12-16(20(29)33-2)11-17(13-18)21(30)34-3/h4-8,11-13H,9-10,14H2,1-3H3,(H,25,28)(H,26,32). The number of anilines is 1. The second-order valence-electron chi connectivity index (χ2n) is 7.97. The van der Waals surface area contributed by atoms with E-state index < -0.39 is 41.9 Å². The van der Waals surface area contributed by atoms with Crippen LogP contribution in [0.5, 0.6) is 0 Å². The van der Waals surface area contributed by atoms with Crippen LogP contribution in [0, 0.1) is 0 Å². The van der Waals surface area contributed by atoms with Crippen LogP contribution in [0.2, 0.25) is 0 Å². The summed E-state index contributed by atoms with van der Waals surface area (Å²) in [6.07, 6.45) is 0.934. The molecule has 1 unspecified atom stereocenters. The summed E-state index contributed by atoms with van der Waals surface area (Å²) in [6, 6.07) is 12.8. The van der Waals surface area contributed by atoms with Crippen LogP contribution in [0.1, 0.15) is 39.6 Å². The highest BCUT2D eigenvalue weighted by molar-refractivity contribution is 6.10. The summed E-state index contributed by atoms with van der Waals surface area (Å²) in [5.74, 6) is -2.63.